The van der Waals surface area contributed by atoms with Crippen molar-refractivity contribution in [3.05, 3.63) is 53.2 Å². The number of hydrogen-bond donors (Lipinski definition) is 1. The first-order valence-corrected chi connectivity index (χ1v) is 8.19. The van der Waals surface area contributed by atoms with Crippen LogP contribution in [0, 0.1) is 0 Å². The highest BCUT2D eigenvalue weighted by Crippen LogP contribution is 2.35. The van der Waals surface area contributed by atoms with E-state index in [2.05, 4.69) is 15.3 Å². The minimum atomic E-state index is -0.136. The molecule has 1 amide bonds. The molecule has 1 N–H and O–H groups in total. The molecule has 4 rings (SSSR count). The average Bonchev–Trinajstić information content (AvgIpc) is 3.04. The predicted octanol–water partition coefficient (Wildman–Crippen LogP) is 2.01. The van der Waals surface area contributed by atoms with Gasteiger partial charge in [0.2, 0.25) is 5.91 Å². The van der Waals surface area contributed by atoms with E-state index < -0.39 is 0 Å². The maximum absolute atomic E-state index is 12.3. The molecule has 0 radical (unpaired) electrons. The average molecular weight is 359 g/mol. The SMILES string of the molecule is O=C(Cc1cc2c(cc1Cl)OCCO2)NCc1cnc2cnccn12. The first kappa shape index (κ1) is 15.7. The van der Waals surface area contributed by atoms with Crippen LogP contribution < -0.4 is 14.8 Å². The van der Waals surface area contributed by atoms with Crippen LogP contribution in [0.5, 0.6) is 11.5 Å². The molecule has 25 heavy (non-hydrogen) atoms. The van der Waals surface area contributed by atoms with Crippen molar-refractivity contribution in [2.75, 3.05) is 13.2 Å². The van der Waals surface area contributed by atoms with Gasteiger partial charge in [0.15, 0.2) is 17.1 Å². The van der Waals surface area contributed by atoms with Crippen LogP contribution in [-0.4, -0.2) is 33.5 Å². The van der Waals surface area contributed by atoms with Crippen molar-refractivity contribution in [1.82, 2.24) is 19.7 Å². The molecule has 0 aliphatic carbocycles. The highest BCUT2D eigenvalue weighted by atomic mass is 35.5. The van der Waals surface area contributed by atoms with E-state index in [4.69, 9.17) is 21.1 Å². The molecule has 3 aromatic rings. The van der Waals surface area contributed by atoms with Gasteiger partial charge in [-0.15, -0.1) is 0 Å². The number of rotatable bonds is 4. The predicted molar refractivity (Wildman–Crippen MR) is 91.0 cm³/mol. The molecule has 0 fully saturated rings. The molecule has 1 aromatic carbocycles. The fraction of sp³-hybridized carbons (Fsp3) is 0.235. The lowest BCUT2D eigenvalue weighted by atomic mass is 10.1. The first-order valence-electron chi connectivity index (χ1n) is 7.81. The van der Waals surface area contributed by atoms with Gasteiger partial charge in [-0.3, -0.25) is 14.2 Å². The van der Waals surface area contributed by atoms with Crippen LogP contribution in [0.25, 0.3) is 5.65 Å². The van der Waals surface area contributed by atoms with Crippen LogP contribution in [0.4, 0.5) is 0 Å². The number of carbonyl (C=O) groups is 1. The van der Waals surface area contributed by atoms with Gasteiger partial charge in [0.25, 0.3) is 0 Å². The zero-order valence-corrected chi connectivity index (χ0v) is 14.0. The summed E-state index contributed by atoms with van der Waals surface area (Å²) < 4.78 is 12.9. The number of halogens is 1. The number of hydrogen-bond acceptors (Lipinski definition) is 5. The van der Waals surface area contributed by atoms with E-state index >= 15 is 0 Å². The number of nitrogens with one attached hydrogen (secondary N) is 1. The fourth-order valence-electron chi connectivity index (χ4n) is 2.69. The number of nitrogens with zero attached hydrogens (tertiary/aromatic N) is 3. The molecule has 128 valence electrons. The number of ether oxygens (including phenoxy) is 2. The molecular weight excluding hydrogens is 344 g/mol. The van der Waals surface area contributed by atoms with Gasteiger partial charge in [-0.25, -0.2) is 4.98 Å². The largest absolute Gasteiger partial charge is 0.486 e. The molecule has 0 saturated heterocycles. The van der Waals surface area contributed by atoms with E-state index in [1.54, 1.807) is 30.7 Å². The summed E-state index contributed by atoms with van der Waals surface area (Å²) in [4.78, 5) is 20.5. The van der Waals surface area contributed by atoms with E-state index in [0.717, 1.165) is 11.3 Å². The standard InChI is InChI=1S/C17H15ClN4O3/c18-13-7-15-14(24-3-4-25-15)5-11(13)6-17(23)21-9-12-8-20-16-10-19-1-2-22(12)16/h1-2,5,7-8,10H,3-4,6,9H2,(H,21,23). The Morgan fingerprint density at radius 3 is 2.88 bits per heavy atom. The van der Waals surface area contributed by atoms with Gasteiger partial charge < -0.3 is 14.8 Å². The second kappa shape index (κ2) is 6.60. The van der Waals surface area contributed by atoms with Gasteiger partial charge in [-0.2, -0.15) is 0 Å². The Kier molecular flexibility index (Phi) is 4.15. The quantitative estimate of drug-likeness (QED) is 0.772. The summed E-state index contributed by atoms with van der Waals surface area (Å²) in [6.07, 6.45) is 7.03. The minimum absolute atomic E-state index is 0.136. The van der Waals surface area contributed by atoms with Crippen molar-refractivity contribution in [2.45, 2.75) is 13.0 Å². The molecule has 0 unspecified atom stereocenters. The van der Waals surface area contributed by atoms with Gasteiger partial charge in [0.05, 0.1) is 31.1 Å². The van der Waals surface area contributed by atoms with Crippen LogP contribution in [0.2, 0.25) is 5.02 Å². The maximum Gasteiger partial charge on any atom is 0.224 e. The Balaban J connectivity index is 1.44. The minimum Gasteiger partial charge on any atom is -0.486 e. The van der Waals surface area contributed by atoms with Crippen molar-refractivity contribution < 1.29 is 14.3 Å². The van der Waals surface area contributed by atoms with E-state index in [1.165, 1.54) is 0 Å². The molecule has 0 atom stereocenters. The third-order valence-electron chi connectivity index (χ3n) is 3.92. The molecule has 0 saturated carbocycles. The summed E-state index contributed by atoms with van der Waals surface area (Å²) in [6, 6.07) is 3.45. The van der Waals surface area contributed by atoms with Crippen LogP contribution in [0.3, 0.4) is 0 Å². The van der Waals surface area contributed by atoms with Crippen molar-refractivity contribution in [2.24, 2.45) is 0 Å². The Labute approximate surface area is 148 Å². The Hall–Kier alpha value is -2.80. The summed E-state index contributed by atoms with van der Waals surface area (Å²) in [5, 5.41) is 3.37. The number of fused-ring (bicyclic) bond motifs is 2. The second-order valence-electron chi connectivity index (χ2n) is 5.59. The second-order valence-corrected chi connectivity index (χ2v) is 6.00. The van der Waals surface area contributed by atoms with Gasteiger partial charge >= 0.3 is 0 Å². The summed E-state index contributed by atoms with van der Waals surface area (Å²) >= 11 is 6.25. The highest BCUT2D eigenvalue weighted by Gasteiger charge is 2.17. The van der Waals surface area contributed by atoms with Crippen molar-refractivity contribution in [1.29, 1.82) is 0 Å². The molecule has 0 spiro atoms. The zero-order chi connectivity index (χ0) is 17.2. The lowest BCUT2D eigenvalue weighted by molar-refractivity contribution is -0.120. The normalized spacial score (nSPS) is 13.0. The van der Waals surface area contributed by atoms with E-state index in [1.807, 2.05) is 10.6 Å². The van der Waals surface area contributed by atoms with Crippen LogP contribution in [0.1, 0.15) is 11.3 Å². The maximum atomic E-state index is 12.3. The Bertz CT molecular complexity index is 941. The number of aromatic nitrogens is 3. The molecule has 2 aromatic heterocycles. The molecule has 1 aliphatic rings. The van der Waals surface area contributed by atoms with Gasteiger partial charge in [-0.05, 0) is 11.6 Å². The summed E-state index contributed by atoms with van der Waals surface area (Å²) in [7, 11) is 0. The smallest absolute Gasteiger partial charge is 0.224 e. The molecule has 7 nitrogen and oxygen atoms in total. The third kappa shape index (κ3) is 3.23. The Morgan fingerprint density at radius 2 is 2.04 bits per heavy atom. The van der Waals surface area contributed by atoms with E-state index in [9.17, 15) is 4.79 Å². The van der Waals surface area contributed by atoms with Gasteiger partial charge in [-0.1, -0.05) is 11.6 Å². The lowest BCUT2D eigenvalue weighted by Gasteiger charge is -2.19. The topological polar surface area (TPSA) is 77.8 Å². The summed E-state index contributed by atoms with van der Waals surface area (Å²) in [6.45, 7) is 1.35. The first-order chi connectivity index (χ1) is 12.2. The van der Waals surface area contributed by atoms with Crippen LogP contribution >= 0.6 is 11.6 Å². The van der Waals surface area contributed by atoms with Crippen LogP contribution in [-0.2, 0) is 17.8 Å². The third-order valence-corrected chi connectivity index (χ3v) is 4.27. The monoisotopic (exact) mass is 358 g/mol. The van der Waals surface area contributed by atoms with E-state index in [0.29, 0.717) is 41.8 Å². The highest BCUT2D eigenvalue weighted by molar-refractivity contribution is 6.31. The Morgan fingerprint density at radius 1 is 1.24 bits per heavy atom. The van der Waals surface area contributed by atoms with Crippen LogP contribution in [0.15, 0.2) is 36.9 Å². The molecule has 3 heterocycles. The number of benzene rings is 1. The molecule has 0 bridgehead atoms. The molecular formula is C17H15ClN4O3. The van der Waals surface area contributed by atoms with Crippen molar-refractivity contribution in [3.63, 3.8) is 0 Å². The molecule has 8 heteroatoms. The van der Waals surface area contributed by atoms with Gasteiger partial charge in [0.1, 0.15) is 13.2 Å². The molecule has 1 aliphatic heterocycles. The van der Waals surface area contributed by atoms with Gasteiger partial charge in [0, 0.05) is 23.5 Å². The number of imidazole rings is 1. The zero-order valence-electron chi connectivity index (χ0n) is 13.2. The lowest BCUT2D eigenvalue weighted by Crippen LogP contribution is -2.25. The summed E-state index contributed by atoms with van der Waals surface area (Å²) in [5.41, 5.74) is 2.31. The number of carbonyl (C=O) groups excluding carboxylic acids is 1. The fourth-order valence-corrected chi connectivity index (χ4v) is 2.91. The summed E-state index contributed by atoms with van der Waals surface area (Å²) in [5.74, 6) is 1.09. The van der Waals surface area contributed by atoms with Crippen molar-refractivity contribution in [3.8, 4) is 11.5 Å². The number of amides is 1. The van der Waals surface area contributed by atoms with Crippen molar-refractivity contribution >= 4 is 23.2 Å². The van der Waals surface area contributed by atoms with E-state index in [-0.39, 0.29) is 12.3 Å².